The number of primary amides is 1. The van der Waals surface area contributed by atoms with Gasteiger partial charge in [0.1, 0.15) is 6.10 Å². The summed E-state index contributed by atoms with van der Waals surface area (Å²) in [5.74, 6) is 0. The normalized spacial score (nSPS) is 19.3. The van der Waals surface area contributed by atoms with E-state index in [1.165, 1.54) is 16.7 Å². The van der Waals surface area contributed by atoms with Crippen LogP contribution in [-0.4, -0.2) is 24.8 Å². The Kier molecular flexibility index (Phi) is 5.13. The molecule has 0 spiro atoms. The van der Waals surface area contributed by atoms with E-state index >= 15 is 0 Å². The summed E-state index contributed by atoms with van der Waals surface area (Å²) in [4.78, 5) is 11.3. The minimum absolute atomic E-state index is 0.0454. The summed E-state index contributed by atoms with van der Waals surface area (Å²) in [7, 11) is 0. The number of amides is 1. The van der Waals surface area contributed by atoms with Crippen LogP contribution < -0.4 is 11.1 Å². The van der Waals surface area contributed by atoms with Crippen molar-refractivity contribution < 1.29 is 9.53 Å². The Morgan fingerprint density at radius 3 is 1.64 bits per heavy atom. The lowest BCUT2D eigenvalue weighted by Crippen LogP contribution is -2.47. The van der Waals surface area contributed by atoms with Gasteiger partial charge in [0.05, 0.1) is 5.41 Å². The molecule has 3 aromatic rings. The Bertz CT molecular complexity index is 816. The highest BCUT2D eigenvalue weighted by molar-refractivity contribution is 5.65. The van der Waals surface area contributed by atoms with Crippen LogP contribution in [0.25, 0.3) is 0 Å². The number of benzene rings is 3. The van der Waals surface area contributed by atoms with Crippen molar-refractivity contribution in [3.63, 3.8) is 0 Å². The molecule has 28 heavy (non-hydrogen) atoms. The average molecular weight is 372 g/mol. The molecule has 1 amide bonds. The molecule has 1 aliphatic heterocycles. The molecule has 1 heterocycles. The predicted molar refractivity (Wildman–Crippen MR) is 110 cm³/mol. The van der Waals surface area contributed by atoms with Crippen molar-refractivity contribution in [2.24, 2.45) is 5.73 Å². The van der Waals surface area contributed by atoms with Gasteiger partial charge < -0.3 is 15.8 Å². The monoisotopic (exact) mass is 372 g/mol. The Labute approximate surface area is 165 Å². The fourth-order valence-corrected chi connectivity index (χ4v) is 4.49. The van der Waals surface area contributed by atoms with Gasteiger partial charge in [0.15, 0.2) is 0 Å². The zero-order valence-corrected chi connectivity index (χ0v) is 15.6. The van der Waals surface area contributed by atoms with Crippen molar-refractivity contribution in [2.75, 3.05) is 6.54 Å². The summed E-state index contributed by atoms with van der Waals surface area (Å²) < 4.78 is 5.32. The molecule has 4 nitrogen and oxygen atoms in total. The van der Waals surface area contributed by atoms with Crippen LogP contribution >= 0.6 is 0 Å². The molecule has 1 unspecified atom stereocenters. The zero-order valence-electron chi connectivity index (χ0n) is 15.6. The number of rotatable bonds is 5. The molecule has 0 bridgehead atoms. The van der Waals surface area contributed by atoms with Gasteiger partial charge in [-0.1, -0.05) is 91.0 Å². The SMILES string of the molecule is NC(=O)O[C@@H]1CNC(C(c2ccccc2)(c2ccccc2)c2ccccc2)C1. The lowest BCUT2D eigenvalue weighted by molar-refractivity contribution is 0.114. The number of hydrogen-bond acceptors (Lipinski definition) is 3. The smallest absolute Gasteiger partial charge is 0.404 e. The van der Waals surface area contributed by atoms with E-state index in [9.17, 15) is 4.79 Å². The van der Waals surface area contributed by atoms with E-state index in [4.69, 9.17) is 10.5 Å². The highest BCUT2D eigenvalue weighted by Crippen LogP contribution is 2.44. The third-order valence-corrected chi connectivity index (χ3v) is 5.58. The molecule has 1 aliphatic rings. The number of carbonyl (C=O) groups excluding carboxylic acids is 1. The van der Waals surface area contributed by atoms with E-state index < -0.39 is 11.5 Å². The molecule has 2 atom stereocenters. The first-order valence-electron chi connectivity index (χ1n) is 9.57. The van der Waals surface area contributed by atoms with Gasteiger partial charge in [-0.25, -0.2) is 4.79 Å². The van der Waals surface area contributed by atoms with Gasteiger partial charge in [-0.3, -0.25) is 0 Å². The summed E-state index contributed by atoms with van der Waals surface area (Å²) >= 11 is 0. The summed E-state index contributed by atoms with van der Waals surface area (Å²) in [6, 6.07) is 31.6. The molecule has 0 aromatic heterocycles. The average Bonchev–Trinajstić information content (AvgIpc) is 3.19. The van der Waals surface area contributed by atoms with Crippen LogP contribution in [0, 0.1) is 0 Å². The highest BCUT2D eigenvalue weighted by atomic mass is 16.6. The van der Waals surface area contributed by atoms with Gasteiger partial charge in [0.2, 0.25) is 0 Å². The number of carbonyl (C=O) groups is 1. The molecule has 4 rings (SSSR count). The number of nitrogens with one attached hydrogen (secondary N) is 1. The van der Waals surface area contributed by atoms with Crippen LogP contribution in [0.15, 0.2) is 91.0 Å². The van der Waals surface area contributed by atoms with E-state index in [0.717, 1.165) is 0 Å². The number of ether oxygens (including phenoxy) is 1. The Hall–Kier alpha value is -3.11. The second-order valence-electron chi connectivity index (χ2n) is 7.16. The van der Waals surface area contributed by atoms with E-state index in [1.807, 2.05) is 18.2 Å². The van der Waals surface area contributed by atoms with E-state index in [-0.39, 0.29) is 12.1 Å². The van der Waals surface area contributed by atoms with Gasteiger partial charge >= 0.3 is 6.09 Å². The van der Waals surface area contributed by atoms with E-state index in [2.05, 4.69) is 78.1 Å². The Balaban J connectivity index is 1.91. The van der Waals surface area contributed by atoms with Crippen molar-refractivity contribution in [3.05, 3.63) is 108 Å². The van der Waals surface area contributed by atoms with Crippen molar-refractivity contribution >= 4 is 6.09 Å². The summed E-state index contributed by atoms with van der Waals surface area (Å²) in [5, 5.41) is 3.62. The first-order valence-corrected chi connectivity index (χ1v) is 9.57. The maximum atomic E-state index is 11.3. The molecule has 0 radical (unpaired) electrons. The van der Waals surface area contributed by atoms with Gasteiger partial charge in [-0.05, 0) is 16.7 Å². The minimum Gasteiger partial charge on any atom is -0.445 e. The standard InChI is InChI=1S/C24H24N2O2/c25-23(27)28-21-16-22(26-17-21)24(18-10-4-1-5-11-18,19-12-6-2-7-13-19)20-14-8-3-9-15-20/h1-15,21-22,26H,16-17H2,(H2,25,27)/t21-,22?/m0/s1. The molecule has 3 aromatic carbocycles. The molecular formula is C24H24N2O2. The minimum atomic E-state index is -0.725. The quantitative estimate of drug-likeness (QED) is 0.669. The molecule has 142 valence electrons. The first kappa shape index (κ1) is 18.3. The van der Waals surface area contributed by atoms with Gasteiger partial charge in [-0.2, -0.15) is 0 Å². The summed E-state index contributed by atoms with van der Waals surface area (Å²) in [5.41, 5.74) is 8.45. The van der Waals surface area contributed by atoms with Gasteiger partial charge in [0.25, 0.3) is 0 Å². The summed E-state index contributed by atoms with van der Waals surface area (Å²) in [6.45, 7) is 0.585. The lowest BCUT2D eigenvalue weighted by Gasteiger charge is -2.41. The largest absolute Gasteiger partial charge is 0.445 e. The predicted octanol–water partition coefficient (Wildman–Crippen LogP) is 3.85. The first-order chi connectivity index (χ1) is 13.7. The fourth-order valence-electron chi connectivity index (χ4n) is 4.49. The zero-order chi connectivity index (χ0) is 19.4. The second kappa shape index (κ2) is 7.87. The van der Waals surface area contributed by atoms with Crippen LogP contribution in [-0.2, 0) is 10.2 Å². The van der Waals surface area contributed by atoms with Crippen LogP contribution in [0.3, 0.4) is 0 Å². The van der Waals surface area contributed by atoms with Crippen molar-refractivity contribution in [1.29, 1.82) is 0 Å². The lowest BCUT2D eigenvalue weighted by atomic mass is 9.64. The number of hydrogen-bond donors (Lipinski definition) is 2. The highest BCUT2D eigenvalue weighted by Gasteiger charge is 2.47. The van der Waals surface area contributed by atoms with E-state index in [0.29, 0.717) is 13.0 Å². The van der Waals surface area contributed by atoms with Crippen molar-refractivity contribution in [2.45, 2.75) is 24.0 Å². The molecule has 1 saturated heterocycles. The molecular weight excluding hydrogens is 348 g/mol. The fraction of sp³-hybridized carbons (Fsp3) is 0.208. The van der Waals surface area contributed by atoms with Crippen molar-refractivity contribution in [1.82, 2.24) is 5.32 Å². The van der Waals surface area contributed by atoms with Crippen LogP contribution in [0.5, 0.6) is 0 Å². The number of nitrogens with two attached hydrogens (primary N) is 1. The summed E-state index contributed by atoms with van der Waals surface area (Å²) in [6.07, 6.45) is -0.281. The van der Waals surface area contributed by atoms with E-state index in [1.54, 1.807) is 0 Å². The van der Waals surface area contributed by atoms with Gasteiger partial charge in [0, 0.05) is 19.0 Å². The maximum absolute atomic E-state index is 11.3. The maximum Gasteiger partial charge on any atom is 0.404 e. The second-order valence-corrected chi connectivity index (χ2v) is 7.16. The molecule has 0 aliphatic carbocycles. The van der Waals surface area contributed by atoms with Crippen LogP contribution in [0.4, 0.5) is 4.79 Å². The molecule has 3 N–H and O–H groups in total. The molecule has 1 fully saturated rings. The Morgan fingerprint density at radius 2 is 1.25 bits per heavy atom. The topological polar surface area (TPSA) is 64.4 Å². The third-order valence-electron chi connectivity index (χ3n) is 5.58. The third kappa shape index (κ3) is 3.27. The van der Waals surface area contributed by atoms with Crippen LogP contribution in [0.2, 0.25) is 0 Å². The van der Waals surface area contributed by atoms with Gasteiger partial charge in [-0.15, -0.1) is 0 Å². The van der Waals surface area contributed by atoms with Crippen molar-refractivity contribution in [3.8, 4) is 0 Å². The molecule has 4 heteroatoms. The Morgan fingerprint density at radius 1 is 0.821 bits per heavy atom. The van der Waals surface area contributed by atoms with Crippen LogP contribution in [0.1, 0.15) is 23.1 Å². The molecule has 0 saturated carbocycles.